The Morgan fingerprint density at radius 3 is 2.32 bits per heavy atom. The fourth-order valence-corrected chi connectivity index (χ4v) is 3.79. The average molecular weight is 517 g/mol. The Morgan fingerprint density at radius 1 is 1.03 bits per heavy atom. The van der Waals surface area contributed by atoms with Crippen LogP contribution in [-0.2, 0) is 10.9 Å². The molecular formula is C26H27F3N4O4. The molecule has 0 saturated carbocycles. The Hall–Kier alpha value is -4.02. The second-order valence-corrected chi connectivity index (χ2v) is 9.60. The molecule has 3 aromatic rings. The summed E-state index contributed by atoms with van der Waals surface area (Å²) in [6.07, 6.45) is -3.75. The Kier molecular flexibility index (Phi) is 7.15. The van der Waals surface area contributed by atoms with Gasteiger partial charge in [-0.15, -0.1) is 0 Å². The number of carbonyl (C=O) groups excluding carboxylic acids is 2. The second kappa shape index (κ2) is 10.2. The number of likely N-dealkylation sites (tertiary alicyclic amines) is 1. The highest BCUT2D eigenvalue weighted by Crippen LogP contribution is 2.32. The van der Waals surface area contributed by atoms with Gasteiger partial charge in [-0.3, -0.25) is 4.79 Å². The van der Waals surface area contributed by atoms with Crippen LogP contribution < -0.4 is 10.1 Å². The van der Waals surface area contributed by atoms with Gasteiger partial charge in [0.05, 0.1) is 17.8 Å². The molecule has 1 aliphatic rings. The molecular weight excluding hydrogens is 489 g/mol. The monoisotopic (exact) mass is 516 g/mol. The second-order valence-electron chi connectivity index (χ2n) is 9.60. The summed E-state index contributed by atoms with van der Waals surface area (Å²) in [5, 5.41) is 6.08. The number of nitrogens with one attached hydrogen (secondary N) is 1. The number of halogens is 3. The number of nitrogens with zero attached hydrogens (tertiary/aromatic N) is 3. The van der Waals surface area contributed by atoms with Gasteiger partial charge in [0.15, 0.2) is 5.69 Å². The maximum Gasteiger partial charge on any atom is 0.435 e. The summed E-state index contributed by atoms with van der Waals surface area (Å²) in [6, 6.07) is 14.5. The highest BCUT2D eigenvalue weighted by atomic mass is 19.4. The van der Waals surface area contributed by atoms with Gasteiger partial charge in [0.25, 0.3) is 5.91 Å². The molecule has 1 aliphatic heterocycles. The number of amides is 2. The summed E-state index contributed by atoms with van der Waals surface area (Å²) in [5.74, 6) is -0.436. The number of benzene rings is 2. The quantitative estimate of drug-likeness (QED) is 0.482. The highest BCUT2D eigenvalue weighted by molar-refractivity contribution is 6.05. The smallest absolute Gasteiger partial charge is 0.435 e. The van der Waals surface area contributed by atoms with E-state index in [0.29, 0.717) is 36.6 Å². The predicted octanol–water partition coefficient (Wildman–Crippen LogP) is 5.53. The number of para-hydroxylation sites is 1. The van der Waals surface area contributed by atoms with Crippen molar-refractivity contribution in [3.05, 3.63) is 72.1 Å². The number of carbonyl (C=O) groups is 2. The van der Waals surface area contributed by atoms with Crippen LogP contribution in [0.2, 0.25) is 0 Å². The van der Waals surface area contributed by atoms with Gasteiger partial charge in [-0.2, -0.15) is 18.3 Å². The molecule has 4 rings (SSSR count). The molecule has 2 aromatic carbocycles. The van der Waals surface area contributed by atoms with Crippen LogP contribution in [0.15, 0.2) is 60.8 Å². The molecule has 0 spiro atoms. The number of hydrogen-bond donors (Lipinski definition) is 1. The van der Waals surface area contributed by atoms with Gasteiger partial charge in [0.2, 0.25) is 0 Å². The lowest BCUT2D eigenvalue weighted by Crippen LogP contribution is -2.36. The van der Waals surface area contributed by atoms with Gasteiger partial charge in [0, 0.05) is 24.8 Å². The molecule has 1 aromatic heterocycles. The van der Waals surface area contributed by atoms with E-state index < -0.39 is 35.0 Å². The van der Waals surface area contributed by atoms with Crippen LogP contribution in [0.3, 0.4) is 0 Å². The molecule has 1 N–H and O–H groups in total. The van der Waals surface area contributed by atoms with Gasteiger partial charge < -0.3 is 19.7 Å². The van der Waals surface area contributed by atoms with Crippen molar-refractivity contribution in [2.45, 2.75) is 45.1 Å². The van der Waals surface area contributed by atoms with E-state index in [-0.39, 0.29) is 6.10 Å². The first kappa shape index (κ1) is 26.1. The van der Waals surface area contributed by atoms with E-state index in [9.17, 15) is 22.8 Å². The van der Waals surface area contributed by atoms with E-state index in [1.807, 2.05) is 0 Å². The van der Waals surface area contributed by atoms with Gasteiger partial charge in [0.1, 0.15) is 17.5 Å². The highest BCUT2D eigenvalue weighted by Gasteiger charge is 2.39. The molecule has 1 unspecified atom stereocenters. The van der Waals surface area contributed by atoms with Gasteiger partial charge in [-0.1, -0.05) is 18.2 Å². The molecule has 8 nitrogen and oxygen atoms in total. The maximum atomic E-state index is 13.6. The summed E-state index contributed by atoms with van der Waals surface area (Å²) in [7, 11) is 0. The van der Waals surface area contributed by atoms with Crippen LogP contribution in [-0.4, -0.2) is 51.5 Å². The van der Waals surface area contributed by atoms with Crippen LogP contribution in [0.4, 0.5) is 23.7 Å². The number of hydrogen-bond acceptors (Lipinski definition) is 5. The van der Waals surface area contributed by atoms with Crippen LogP contribution in [0.25, 0.3) is 5.69 Å². The van der Waals surface area contributed by atoms with Crippen LogP contribution in [0.1, 0.15) is 43.2 Å². The van der Waals surface area contributed by atoms with E-state index >= 15 is 0 Å². The SMILES string of the molecule is CC(C)(C)OC(=O)N1CCC(Oc2ccc(NC(=O)c3cn(-c4ccccc4)nc3C(F)(F)F)cc2)C1. The van der Waals surface area contributed by atoms with E-state index in [4.69, 9.17) is 9.47 Å². The third kappa shape index (κ3) is 6.60. The lowest BCUT2D eigenvalue weighted by Gasteiger charge is -2.24. The summed E-state index contributed by atoms with van der Waals surface area (Å²) < 4.78 is 53.1. The summed E-state index contributed by atoms with van der Waals surface area (Å²) >= 11 is 0. The van der Waals surface area contributed by atoms with Crippen molar-refractivity contribution in [1.82, 2.24) is 14.7 Å². The number of rotatable bonds is 5. The summed E-state index contributed by atoms with van der Waals surface area (Å²) in [5.41, 5.74) is -1.77. The van der Waals surface area contributed by atoms with E-state index in [0.717, 1.165) is 10.9 Å². The van der Waals surface area contributed by atoms with Crippen LogP contribution >= 0.6 is 0 Å². The lowest BCUT2D eigenvalue weighted by atomic mass is 10.2. The van der Waals surface area contributed by atoms with Gasteiger partial charge >= 0.3 is 12.3 Å². The molecule has 2 amide bonds. The Labute approximate surface area is 212 Å². The molecule has 196 valence electrons. The molecule has 0 radical (unpaired) electrons. The van der Waals surface area contributed by atoms with Gasteiger partial charge in [-0.25, -0.2) is 9.48 Å². The fraction of sp³-hybridized carbons (Fsp3) is 0.346. The van der Waals surface area contributed by atoms with Crippen molar-refractivity contribution in [3.8, 4) is 11.4 Å². The Morgan fingerprint density at radius 2 is 1.70 bits per heavy atom. The molecule has 37 heavy (non-hydrogen) atoms. The topological polar surface area (TPSA) is 85.7 Å². The third-order valence-corrected chi connectivity index (χ3v) is 5.46. The lowest BCUT2D eigenvalue weighted by molar-refractivity contribution is -0.141. The number of aromatic nitrogens is 2. The largest absolute Gasteiger partial charge is 0.489 e. The zero-order valence-corrected chi connectivity index (χ0v) is 20.6. The maximum absolute atomic E-state index is 13.6. The fourth-order valence-electron chi connectivity index (χ4n) is 3.79. The average Bonchev–Trinajstić information content (AvgIpc) is 3.48. The Balaban J connectivity index is 1.40. The predicted molar refractivity (Wildman–Crippen MR) is 130 cm³/mol. The first-order valence-corrected chi connectivity index (χ1v) is 11.7. The molecule has 11 heteroatoms. The standard InChI is InChI=1S/C26H27F3N4O4/c1-25(2,3)37-24(35)32-14-13-20(15-32)36-19-11-9-17(10-12-19)30-23(34)21-16-33(18-7-5-4-6-8-18)31-22(21)26(27,28)29/h4-12,16,20H,13-15H2,1-3H3,(H,30,34). The van der Waals surface area contributed by atoms with Crippen molar-refractivity contribution in [3.63, 3.8) is 0 Å². The van der Waals surface area contributed by atoms with Crippen LogP contribution in [0.5, 0.6) is 5.75 Å². The summed E-state index contributed by atoms with van der Waals surface area (Å²) in [6.45, 7) is 6.28. The van der Waals surface area contributed by atoms with Crippen LogP contribution in [0, 0.1) is 0 Å². The number of ether oxygens (including phenoxy) is 2. The minimum absolute atomic E-state index is 0.230. The molecule has 0 aliphatic carbocycles. The van der Waals surface area contributed by atoms with Crippen molar-refractivity contribution in [1.29, 1.82) is 0 Å². The summed E-state index contributed by atoms with van der Waals surface area (Å²) in [4.78, 5) is 26.5. The molecule has 1 fully saturated rings. The van der Waals surface area contributed by atoms with Crippen molar-refractivity contribution in [2.75, 3.05) is 18.4 Å². The molecule has 1 saturated heterocycles. The van der Waals surface area contributed by atoms with Crippen molar-refractivity contribution >= 4 is 17.7 Å². The normalized spacial score (nSPS) is 15.9. The molecule has 0 bridgehead atoms. The van der Waals surface area contributed by atoms with E-state index in [2.05, 4.69) is 10.4 Å². The number of anilines is 1. The van der Waals surface area contributed by atoms with E-state index in [1.165, 1.54) is 12.1 Å². The van der Waals surface area contributed by atoms with Crippen molar-refractivity contribution < 1.29 is 32.2 Å². The third-order valence-electron chi connectivity index (χ3n) is 5.46. The first-order chi connectivity index (χ1) is 17.4. The zero-order chi connectivity index (χ0) is 26.8. The molecule has 1 atom stereocenters. The minimum atomic E-state index is -4.81. The minimum Gasteiger partial charge on any atom is -0.489 e. The number of alkyl halides is 3. The molecule has 2 heterocycles. The Bertz CT molecular complexity index is 1250. The van der Waals surface area contributed by atoms with Crippen molar-refractivity contribution in [2.24, 2.45) is 0 Å². The zero-order valence-electron chi connectivity index (χ0n) is 20.6. The van der Waals surface area contributed by atoms with E-state index in [1.54, 1.807) is 68.1 Å². The van der Waals surface area contributed by atoms with Gasteiger partial charge in [-0.05, 0) is 57.2 Å². The first-order valence-electron chi connectivity index (χ1n) is 11.7.